The molecule has 0 saturated heterocycles. The first-order chi connectivity index (χ1) is 12.2. The van der Waals surface area contributed by atoms with E-state index in [-0.39, 0.29) is 5.54 Å². The maximum atomic E-state index is 9.48. The van der Waals surface area contributed by atoms with Crippen LogP contribution in [0.5, 0.6) is 0 Å². The fourth-order valence-electron chi connectivity index (χ4n) is 4.97. The van der Waals surface area contributed by atoms with Crippen molar-refractivity contribution < 1.29 is 0 Å². The predicted molar refractivity (Wildman–Crippen MR) is 96.8 cm³/mol. The molecule has 3 aliphatic rings. The van der Waals surface area contributed by atoms with E-state index >= 15 is 0 Å². The molecule has 1 heterocycles. The van der Waals surface area contributed by atoms with Crippen molar-refractivity contribution in [2.75, 3.05) is 0 Å². The molecule has 1 atom stereocenters. The van der Waals surface area contributed by atoms with E-state index in [0.717, 1.165) is 18.5 Å². The Bertz CT molecular complexity index is 629. The molecule has 0 unspecified atom stereocenters. The first kappa shape index (κ1) is 17.0. The number of aromatic nitrogens is 3. The quantitative estimate of drug-likeness (QED) is 0.879. The summed E-state index contributed by atoms with van der Waals surface area (Å²) in [5, 5.41) is 22.5. The molecule has 0 amide bonds. The van der Waals surface area contributed by atoms with Crippen LogP contribution in [0.15, 0.2) is 6.20 Å². The number of nitriles is 1. The highest BCUT2D eigenvalue weighted by molar-refractivity contribution is 5.20. The topological polar surface area (TPSA) is 66.5 Å². The smallest absolute Gasteiger partial charge is 0.150 e. The minimum atomic E-state index is -0.413. The molecule has 0 radical (unpaired) electrons. The largest absolute Gasteiger partial charge is 0.303 e. The second kappa shape index (κ2) is 6.72. The molecule has 0 bridgehead atoms. The highest BCUT2D eigenvalue weighted by atomic mass is 15.5. The normalized spacial score (nSPS) is 26.7. The molecule has 3 saturated carbocycles. The van der Waals surface area contributed by atoms with Crippen LogP contribution in [0, 0.1) is 17.2 Å². The highest BCUT2D eigenvalue weighted by Gasteiger charge is 2.48. The Morgan fingerprint density at radius 3 is 2.36 bits per heavy atom. The van der Waals surface area contributed by atoms with Gasteiger partial charge in [0.25, 0.3) is 0 Å². The average molecular weight is 342 g/mol. The third kappa shape index (κ3) is 3.21. The van der Waals surface area contributed by atoms with Gasteiger partial charge >= 0.3 is 0 Å². The number of nitrogens with one attached hydrogen (secondary N) is 1. The van der Waals surface area contributed by atoms with Crippen LogP contribution in [0.2, 0.25) is 0 Å². The molecular weight excluding hydrogens is 310 g/mol. The van der Waals surface area contributed by atoms with Crippen LogP contribution in [-0.4, -0.2) is 21.0 Å². The van der Waals surface area contributed by atoms with Gasteiger partial charge in [-0.15, -0.1) is 5.10 Å². The molecule has 136 valence electrons. The van der Waals surface area contributed by atoms with Gasteiger partial charge in [-0.05, 0) is 51.4 Å². The van der Waals surface area contributed by atoms with Crippen molar-refractivity contribution in [1.82, 2.24) is 20.3 Å². The maximum absolute atomic E-state index is 9.48. The van der Waals surface area contributed by atoms with Gasteiger partial charge in [0, 0.05) is 6.04 Å². The van der Waals surface area contributed by atoms with E-state index in [1.165, 1.54) is 64.2 Å². The Hall–Kier alpha value is -1.41. The summed E-state index contributed by atoms with van der Waals surface area (Å²) in [7, 11) is 0. The van der Waals surface area contributed by atoms with Crippen molar-refractivity contribution >= 4 is 0 Å². The van der Waals surface area contributed by atoms with Crippen molar-refractivity contribution in [2.45, 2.75) is 101 Å². The summed E-state index contributed by atoms with van der Waals surface area (Å²) in [4.78, 5) is 0. The monoisotopic (exact) mass is 341 g/mol. The lowest BCUT2D eigenvalue weighted by atomic mass is 9.73. The van der Waals surface area contributed by atoms with E-state index in [1.54, 1.807) is 0 Å². The van der Waals surface area contributed by atoms with E-state index in [0.29, 0.717) is 12.0 Å². The van der Waals surface area contributed by atoms with Crippen LogP contribution in [0.1, 0.15) is 89.7 Å². The van der Waals surface area contributed by atoms with Crippen molar-refractivity contribution in [1.29, 1.82) is 5.26 Å². The van der Waals surface area contributed by atoms with Crippen LogP contribution in [0.4, 0.5) is 0 Å². The Labute approximate surface area is 151 Å². The fourth-order valence-corrected chi connectivity index (χ4v) is 4.97. The second-order valence-corrected chi connectivity index (χ2v) is 8.71. The molecule has 0 aliphatic heterocycles. The van der Waals surface area contributed by atoms with Crippen LogP contribution in [-0.2, 0) is 11.1 Å². The molecule has 0 aromatic carbocycles. The Balaban J connectivity index is 1.61. The second-order valence-electron chi connectivity index (χ2n) is 8.71. The van der Waals surface area contributed by atoms with Crippen molar-refractivity contribution in [3.8, 4) is 6.07 Å². The van der Waals surface area contributed by atoms with E-state index in [9.17, 15) is 5.26 Å². The van der Waals surface area contributed by atoms with Gasteiger partial charge in [0.2, 0.25) is 0 Å². The van der Waals surface area contributed by atoms with Crippen LogP contribution >= 0.6 is 0 Å². The summed E-state index contributed by atoms with van der Waals surface area (Å²) < 4.78 is 1.84. The molecule has 0 spiro atoms. The van der Waals surface area contributed by atoms with Gasteiger partial charge in [0.1, 0.15) is 5.69 Å². The van der Waals surface area contributed by atoms with Gasteiger partial charge in [-0.1, -0.05) is 43.7 Å². The minimum absolute atomic E-state index is 0.119. The zero-order chi connectivity index (χ0) is 17.3. The summed E-state index contributed by atoms with van der Waals surface area (Å²) >= 11 is 0. The third-order valence-electron chi connectivity index (χ3n) is 6.93. The standard InChI is InChI=1S/C20H31N5/c1-19(16-8-4-2-5-9-16,22-17-10-6-3-7-11-17)18-14-25(24-23-18)20(15-21)12-13-20/h14,16-17,22H,2-13H2,1H3/t19-/m1/s1. The zero-order valence-electron chi connectivity index (χ0n) is 15.5. The van der Waals surface area contributed by atoms with Gasteiger partial charge < -0.3 is 5.32 Å². The van der Waals surface area contributed by atoms with E-state index in [4.69, 9.17) is 0 Å². The average Bonchev–Trinajstić information content (AvgIpc) is 3.30. The summed E-state index contributed by atoms with van der Waals surface area (Å²) in [5.41, 5.74) is 0.516. The molecule has 1 aromatic heterocycles. The van der Waals surface area contributed by atoms with Crippen LogP contribution in [0.25, 0.3) is 0 Å². The lowest BCUT2D eigenvalue weighted by molar-refractivity contribution is 0.143. The van der Waals surface area contributed by atoms with Crippen LogP contribution in [0.3, 0.4) is 0 Å². The third-order valence-corrected chi connectivity index (χ3v) is 6.93. The summed E-state index contributed by atoms with van der Waals surface area (Å²) in [6.07, 6.45) is 17.0. The van der Waals surface area contributed by atoms with E-state index in [1.807, 2.05) is 4.68 Å². The van der Waals surface area contributed by atoms with E-state index in [2.05, 4.69) is 34.8 Å². The van der Waals surface area contributed by atoms with Gasteiger partial charge in [0.15, 0.2) is 5.54 Å². The molecule has 5 heteroatoms. The molecule has 1 aromatic rings. The molecule has 1 N–H and O–H groups in total. The number of hydrogen-bond acceptors (Lipinski definition) is 4. The molecular formula is C20H31N5. The summed E-state index contributed by atoms with van der Waals surface area (Å²) in [6.45, 7) is 2.35. The van der Waals surface area contributed by atoms with Crippen molar-refractivity contribution in [3.05, 3.63) is 11.9 Å². The number of rotatable bonds is 5. The SMILES string of the molecule is C[C@](NC1CCCCC1)(c1cn(C2(C#N)CC2)nn1)C1CCCCC1. The van der Waals surface area contributed by atoms with Gasteiger partial charge in [0.05, 0.1) is 17.8 Å². The molecule has 4 rings (SSSR count). The lowest BCUT2D eigenvalue weighted by Gasteiger charge is -2.42. The minimum Gasteiger partial charge on any atom is -0.303 e. The molecule has 5 nitrogen and oxygen atoms in total. The Kier molecular flexibility index (Phi) is 4.58. The van der Waals surface area contributed by atoms with Crippen molar-refractivity contribution in [3.63, 3.8) is 0 Å². The zero-order valence-corrected chi connectivity index (χ0v) is 15.5. The first-order valence-corrected chi connectivity index (χ1v) is 10.3. The van der Waals surface area contributed by atoms with Crippen molar-refractivity contribution in [2.24, 2.45) is 5.92 Å². The Morgan fingerprint density at radius 2 is 1.76 bits per heavy atom. The summed E-state index contributed by atoms with van der Waals surface area (Å²) in [6, 6.07) is 3.03. The Morgan fingerprint density at radius 1 is 1.12 bits per heavy atom. The molecule has 25 heavy (non-hydrogen) atoms. The number of nitrogens with zero attached hydrogens (tertiary/aromatic N) is 4. The fraction of sp³-hybridized carbons (Fsp3) is 0.850. The predicted octanol–water partition coefficient (Wildman–Crippen LogP) is 4.01. The van der Waals surface area contributed by atoms with E-state index < -0.39 is 5.54 Å². The van der Waals surface area contributed by atoms with Gasteiger partial charge in [-0.25, -0.2) is 4.68 Å². The number of hydrogen-bond donors (Lipinski definition) is 1. The lowest BCUT2D eigenvalue weighted by Crippen LogP contribution is -2.52. The highest BCUT2D eigenvalue weighted by Crippen LogP contribution is 2.44. The molecule has 3 fully saturated rings. The first-order valence-electron chi connectivity index (χ1n) is 10.3. The van der Waals surface area contributed by atoms with Crippen LogP contribution < -0.4 is 5.32 Å². The summed E-state index contributed by atoms with van der Waals surface area (Å²) in [5.74, 6) is 0.616. The van der Waals surface area contributed by atoms with Gasteiger partial charge in [-0.2, -0.15) is 5.26 Å². The molecule has 3 aliphatic carbocycles. The van der Waals surface area contributed by atoms with Gasteiger partial charge in [-0.3, -0.25) is 0 Å². The maximum Gasteiger partial charge on any atom is 0.150 e.